The molecule has 1 atom stereocenters. The Morgan fingerprint density at radius 2 is 2.06 bits per heavy atom. The van der Waals surface area contributed by atoms with Gasteiger partial charge in [0.15, 0.2) is 0 Å². The smallest absolute Gasteiger partial charge is 0.321 e. The molecule has 2 heterocycles. The first kappa shape index (κ1) is 23.6. The number of aliphatic hydroxyl groups is 1. The number of aliphatic hydroxyl groups excluding tert-OH is 1. The molecule has 4 rings (SSSR count). The van der Waals surface area contributed by atoms with Gasteiger partial charge in [0, 0.05) is 37.5 Å². The van der Waals surface area contributed by atoms with Crippen LogP contribution in [0.15, 0.2) is 30.6 Å². The second kappa shape index (κ2) is 12.0. The van der Waals surface area contributed by atoms with Crippen LogP contribution in [0.5, 0.6) is 5.75 Å². The van der Waals surface area contributed by atoms with Gasteiger partial charge in [-0.3, -0.25) is 5.10 Å². The van der Waals surface area contributed by atoms with E-state index in [1.165, 1.54) is 32.1 Å². The fourth-order valence-electron chi connectivity index (χ4n) is 4.84. The van der Waals surface area contributed by atoms with Crippen LogP contribution in [0.25, 0.3) is 11.1 Å². The Kier molecular flexibility index (Phi) is 8.60. The summed E-state index contributed by atoms with van der Waals surface area (Å²) in [5, 5.41) is 22.8. The predicted molar refractivity (Wildman–Crippen MR) is 129 cm³/mol. The molecule has 2 aromatic rings. The number of ether oxygens (including phenoxy) is 1. The Morgan fingerprint density at radius 1 is 1.18 bits per heavy atom. The maximum atomic E-state index is 13.3. The van der Waals surface area contributed by atoms with Gasteiger partial charge >= 0.3 is 6.03 Å². The number of hydrogen-bond acceptors (Lipinski definition) is 5. The lowest BCUT2D eigenvalue weighted by atomic mass is 9.89. The van der Waals surface area contributed by atoms with E-state index < -0.39 is 0 Å². The highest BCUT2D eigenvalue weighted by Crippen LogP contribution is 2.32. The van der Waals surface area contributed by atoms with Crippen molar-refractivity contribution >= 4 is 11.7 Å². The van der Waals surface area contributed by atoms with Crippen LogP contribution in [0.4, 0.5) is 10.5 Å². The number of carbonyl (C=O) groups is 1. The van der Waals surface area contributed by atoms with Crippen LogP contribution >= 0.6 is 0 Å². The summed E-state index contributed by atoms with van der Waals surface area (Å²) in [5.41, 5.74) is 2.62. The molecule has 33 heavy (non-hydrogen) atoms. The Hall–Kier alpha value is -2.58. The fraction of sp³-hybridized carbons (Fsp3) is 0.600. The van der Waals surface area contributed by atoms with Crippen molar-refractivity contribution in [1.29, 1.82) is 0 Å². The third-order valence-electron chi connectivity index (χ3n) is 6.73. The summed E-state index contributed by atoms with van der Waals surface area (Å²) in [7, 11) is 0. The zero-order valence-corrected chi connectivity index (χ0v) is 19.4. The zero-order chi connectivity index (χ0) is 22.9. The molecule has 1 saturated heterocycles. The van der Waals surface area contributed by atoms with Gasteiger partial charge in [-0.05, 0) is 62.3 Å². The molecule has 2 aliphatic rings. The molecular formula is C25H37N5O3. The number of carbonyl (C=O) groups excluding carboxylic acids is 1. The van der Waals surface area contributed by atoms with E-state index in [2.05, 4.69) is 20.8 Å². The molecule has 1 aliphatic carbocycles. The number of anilines is 1. The summed E-state index contributed by atoms with van der Waals surface area (Å²) in [6, 6.07) is 6.05. The van der Waals surface area contributed by atoms with E-state index in [0.29, 0.717) is 43.0 Å². The Bertz CT molecular complexity index is 861. The monoisotopic (exact) mass is 455 g/mol. The lowest BCUT2D eigenvalue weighted by molar-refractivity contribution is 0.181. The first-order chi connectivity index (χ1) is 16.2. The first-order valence-electron chi connectivity index (χ1n) is 12.4. The van der Waals surface area contributed by atoms with Gasteiger partial charge in [0.25, 0.3) is 0 Å². The molecule has 8 heteroatoms. The van der Waals surface area contributed by atoms with Gasteiger partial charge in [-0.15, -0.1) is 0 Å². The third-order valence-corrected chi connectivity index (χ3v) is 6.73. The molecule has 4 N–H and O–H groups in total. The SMILES string of the molecule is O=C(Nc1ccc(-c2cn[nH]c2)cc1OCC1CCCN1)N(CCCO)CC1CCCCC1. The third kappa shape index (κ3) is 6.71. The summed E-state index contributed by atoms with van der Waals surface area (Å²) < 4.78 is 6.21. The van der Waals surface area contributed by atoms with E-state index in [4.69, 9.17) is 4.74 Å². The fourth-order valence-corrected chi connectivity index (χ4v) is 4.84. The van der Waals surface area contributed by atoms with E-state index >= 15 is 0 Å². The standard InChI is InChI=1S/C25H37N5O3/c31-13-5-12-30(17-19-6-2-1-3-7-19)25(32)29-23-10-9-20(21-15-27-28-16-21)14-24(23)33-18-22-8-4-11-26-22/h9-10,14-16,19,22,26,31H,1-8,11-13,17-18H2,(H,27,28)(H,29,32). The van der Waals surface area contributed by atoms with Crippen LogP contribution in [0.3, 0.4) is 0 Å². The van der Waals surface area contributed by atoms with E-state index in [1.54, 1.807) is 6.20 Å². The molecule has 1 aliphatic heterocycles. The number of rotatable bonds is 10. The maximum absolute atomic E-state index is 13.3. The number of amides is 2. The van der Waals surface area contributed by atoms with E-state index in [9.17, 15) is 9.90 Å². The second-order valence-corrected chi connectivity index (χ2v) is 9.26. The highest BCUT2D eigenvalue weighted by Gasteiger charge is 2.22. The molecule has 8 nitrogen and oxygen atoms in total. The van der Waals surface area contributed by atoms with Gasteiger partial charge in [0.1, 0.15) is 12.4 Å². The number of nitrogens with zero attached hydrogens (tertiary/aromatic N) is 2. The van der Waals surface area contributed by atoms with Crippen LogP contribution < -0.4 is 15.4 Å². The second-order valence-electron chi connectivity index (χ2n) is 9.26. The molecular weight excluding hydrogens is 418 g/mol. The van der Waals surface area contributed by atoms with Crippen molar-refractivity contribution in [2.45, 2.75) is 57.4 Å². The first-order valence-corrected chi connectivity index (χ1v) is 12.4. The Morgan fingerprint density at radius 3 is 2.79 bits per heavy atom. The average molecular weight is 456 g/mol. The van der Waals surface area contributed by atoms with Crippen molar-refractivity contribution in [2.75, 3.05) is 38.2 Å². The van der Waals surface area contributed by atoms with Crippen LogP contribution in [-0.2, 0) is 0 Å². The Labute approximate surface area is 196 Å². The summed E-state index contributed by atoms with van der Waals surface area (Å²) in [6.07, 6.45) is 12.6. The summed E-state index contributed by atoms with van der Waals surface area (Å²) in [6.45, 7) is 2.95. The van der Waals surface area contributed by atoms with Crippen molar-refractivity contribution in [2.24, 2.45) is 5.92 Å². The molecule has 1 saturated carbocycles. The molecule has 2 amide bonds. The van der Waals surface area contributed by atoms with Crippen molar-refractivity contribution in [1.82, 2.24) is 20.4 Å². The summed E-state index contributed by atoms with van der Waals surface area (Å²) in [4.78, 5) is 15.1. The number of benzene rings is 1. The van der Waals surface area contributed by atoms with E-state index in [-0.39, 0.29) is 12.6 Å². The largest absolute Gasteiger partial charge is 0.490 e. The minimum atomic E-state index is -0.131. The number of aromatic amines is 1. The van der Waals surface area contributed by atoms with Gasteiger partial charge in [-0.1, -0.05) is 25.3 Å². The molecule has 180 valence electrons. The van der Waals surface area contributed by atoms with Crippen LogP contribution in [-0.4, -0.2) is 65.1 Å². The van der Waals surface area contributed by atoms with Crippen molar-refractivity contribution in [3.05, 3.63) is 30.6 Å². The summed E-state index contributed by atoms with van der Waals surface area (Å²) >= 11 is 0. The topological polar surface area (TPSA) is 103 Å². The molecule has 0 bridgehead atoms. The van der Waals surface area contributed by atoms with Gasteiger partial charge in [0.05, 0.1) is 11.9 Å². The number of hydrogen-bond donors (Lipinski definition) is 4. The van der Waals surface area contributed by atoms with Crippen LogP contribution in [0.2, 0.25) is 0 Å². The normalized spacial score (nSPS) is 18.9. The van der Waals surface area contributed by atoms with Crippen LogP contribution in [0, 0.1) is 5.92 Å². The highest BCUT2D eigenvalue weighted by molar-refractivity contribution is 5.91. The number of H-pyrrole nitrogens is 1. The maximum Gasteiger partial charge on any atom is 0.321 e. The van der Waals surface area contributed by atoms with Crippen molar-refractivity contribution in [3.63, 3.8) is 0 Å². The molecule has 0 radical (unpaired) electrons. The number of aromatic nitrogens is 2. The lowest BCUT2D eigenvalue weighted by Crippen LogP contribution is -2.40. The minimum Gasteiger partial charge on any atom is -0.490 e. The average Bonchev–Trinajstić information content (AvgIpc) is 3.56. The highest BCUT2D eigenvalue weighted by atomic mass is 16.5. The quantitative estimate of drug-likeness (QED) is 0.434. The molecule has 1 unspecified atom stereocenters. The molecule has 0 spiro atoms. The van der Waals surface area contributed by atoms with Gasteiger partial charge in [-0.25, -0.2) is 4.79 Å². The van der Waals surface area contributed by atoms with Crippen LogP contribution in [0.1, 0.15) is 51.4 Å². The van der Waals surface area contributed by atoms with Crippen molar-refractivity contribution in [3.8, 4) is 16.9 Å². The van der Waals surface area contributed by atoms with Gasteiger partial charge in [0.2, 0.25) is 0 Å². The summed E-state index contributed by atoms with van der Waals surface area (Å²) in [5.74, 6) is 1.20. The predicted octanol–water partition coefficient (Wildman–Crippen LogP) is 4.00. The molecule has 1 aromatic carbocycles. The minimum absolute atomic E-state index is 0.0800. The lowest BCUT2D eigenvalue weighted by Gasteiger charge is -2.30. The van der Waals surface area contributed by atoms with Gasteiger partial charge in [-0.2, -0.15) is 5.10 Å². The molecule has 1 aromatic heterocycles. The number of nitrogens with one attached hydrogen (secondary N) is 3. The van der Waals surface area contributed by atoms with Gasteiger partial charge < -0.3 is 25.4 Å². The molecule has 2 fully saturated rings. The van der Waals surface area contributed by atoms with Crippen molar-refractivity contribution < 1.29 is 14.6 Å². The number of urea groups is 1. The van der Waals surface area contributed by atoms with E-state index in [0.717, 1.165) is 37.1 Å². The Balaban J connectivity index is 1.48. The van der Waals surface area contributed by atoms with E-state index in [1.807, 2.05) is 29.3 Å². The zero-order valence-electron chi connectivity index (χ0n) is 19.4.